The molecule has 0 radical (unpaired) electrons. The molecule has 0 spiro atoms. The predicted octanol–water partition coefficient (Wildman–Crippen LogP) is 5.82. The van der Waals surface area contributed by atoms with E-state index < -0.39 is 6.04 Å². The topological polar surface area (TPSA) is 49.4 Å². The van der Waals surface area contributed by atoms with Crippen molar-refractivity contribution >= 4 is 58.4 Å². The van der Waals surface area contributed by atoms with Gasteiger partial charge in [0.15, 0.2) is 0 Å². The van der Waals surface area contributed by atoms with Crippen LogP contribution in [-0.2, 0) is 21.9 Å². The first kappa shape index (κ1) is 24.9. The summed E-state index contributed by atoms with van der Waals surface area (Å²) >= 11 is 19.7. The summed E-state index contributed by atoms with van der Waals surface area (Å²) in [6.07, 6.45) is 0. The number of hydrogen-bond donors (Lipinski definition) is 1. The van der Waals surface area contributed by atoms with Crippen LogP contribution in [0, 0.1) is 0 Å². The van der Waals surface area contributed by atoms with Gasteiger partial charge in [-0.3, -0.25) is 9.59 Å². The van der Waals surface area contributed by atoms with Gasteiger partial charge in [-0.15, -0.1) is 11.8 Å². The number of hydrogen-bond acceptors (Lipinski definition) is 3. The highest BCUT2D eigenvalue weighted by Gasteiger charge is 2.27. The van der Waals surface area contributed by atoms with Crippen molar-refractivity contribution < 1.29 is 9.59 Å². The van der Waals surface area contributed by atoms with E-state index in [1.807, 2.05) is 38.1 Å². The number of amides is 2. The van der Waals surface area contributed by atoms with Gasteiger partial charge in [-0.1, -0.05) is 53.0 Å². The zero-order chi connectivity index (χ0) is 22.3. The summed E-state index contributed by atoms with van der Waals surface area (Å²) in [4.78, 5) is 27.2. The second kappa shape index (κ2) is 11.8. The molecule has 0 aromatic heterocycles. The Bertz CT molecular complexity index is 875. The van der Waals surface area contributed by atoms with Crippen LogP contribution in [0.4, 0.5) is 0 Å². The first-order chi connectivity index (χ1) is 14.2. The van der Waals surface area contributed by atoms with Gasteiger partial charge >= 0.3 is 0 Å². The van der Waals surface area contributed by atoms with E-state index in [1.165, 1.54) is 11.8 Å². The zero-order valence-corrected chi connectivity index (χ0v) is 20.2. The lowest BCUT2D eigenvalue weighted by molar-refractivity contribution is -0.138. The molecule has 0 aliphatic carbocycles. The van der Waals surface area contributed by atoms with Crippen LogP contribution in [0.15, 0.2) is 42.5 Å². The number of halogens is 3. The number of rotatable bonds is 9. The van der Waals surface area contributed by atoms with Crippen LogP contribution in [0.1, 0.15) is 31.9 Å². The summed E-state index contributed by atoms with van der Waals surface area (Å²) in [6, 6.07) is 12.0. The van der Waals surface area contributed by atoms with Crippen LogP contribution in [-0.4, -0.2) is 34.6 Å². The van der Waals surface area contributed by atoms with Gasteiger partial charge in [0, 0.05) is 33.4 Å². The molecule has 2 rings (SSSR count). The molecule has 30 heavy (non-hydrogen) atoms. The van der Waals surface area contributed by atoms with Crippen LogP contribution in [0.3, 0.4) is 0 Å². The van der Waals surface area contributed by atoms with Crippen molar-refractivity contribution in [3.63, 3.8) is 0 Å². The molecule has 2 aromatic carbocycles. The van der Waals surface area contributed by atoms with Gasteiger partial charge in [0.2, 0.25) is 11.8 Å². The molecule has 0 saturated heterocycles. The smallest absolute Gasteiger partial charge is 0.242 e. The first-order valence-electron chi connectivity index (χ1n) is 9.53. The molecule has 0 aliphatic heterocycles. The van der Waals surface area contributed by atoms with Gasteiger partial charge in [-0.25, -0.2) is 0 Å². The second-order valence-corrected chi connectivity index (χ2v) is 9.48. The highest BCUT2D eigenvalue weighted by molar-refractivity contribution is 7.99. The van der Waals surface area contributed by atoms with E-state index in [1.54, 1.807) is 30.0 Å². The molecular weight excluding hydrogens is 463 g/mol. The van der Waals surface area contributed by atoms with E-state index in [9.17, 15) is 9.59 Å². The second-order valence-electron chi connectivity index (χ2n) is 7.22. The minimum Gasteiger partial charge on any atom is -0.352 e. The van der Waals surface area contributed by atoms with Crippen molar-refractivity contribution in [1.29, 1.82) is 0 Å². The first-order valence-corrected chi connectivity index (χ1v) is 11.8. The molecule has 8 heteroatoms. The molecule has 4 nitrogen and oxygen atoms in total. The normalized spacial score (nSPS) is 12.0. The molecule has 0 bridgehead atoms. The fraction of sp³-hybridized carbons (Fsp3) is 0.364. The predicted molar refractivity (Wildman–Crippen MR) is 127 cm³/mol. The minimum absolute atomic E-state index is 0.0182. The van der Waals surface area contributed by atoms with Gasteiger partial charge in [0.1, 0.15) is 6.04 Å². The van der Waals surface area contributed by atoms with Crippen LogP contribution >= 0.6 is 46.6 Å². The van der Waals surface area contributed by atoms with Gasteiger partial charge in [-0.2, -0.15) is 0 Å². The number of nitrogens with zero attached hydrogens (tertiary/aromatic N) is 1. The highest BCUT2D eigenvalue weighted by atomic mass is 35.5. The SMILES string of the molecule is CC(C)NC(=O)[C@H](C)N(Cc1ccc(Cl)cc1Cl)C(=O)CSCc1ccc(Cl)cc1. The summed E-state index contributed by atoms with van der Waals surface area (Å²) in [5, 5.41) is 4.53. The highest BCUT2D eigenvalue weighted by Crippen LogP contribution is 2.24. The minimum atomic E-state index is -0.636. The Hall–Kier alpha value is -1.40. The third kappa shape index (κ3) is 7.69. The number of carbonyl (C=O) groups excluding carboxylic acids is 2. The maximum atomic E-state index is 13.0. The quantitative estimate of drug-likeness (QED) is 0.485. The molecule has 1 N–H and O–H groups in total. The van der Waals surface area contributed by atoms with E-state index in [4.69, 9.17) is 34.8 Å². The third-order valence-electron chi connectivity index (χ3n) is 4.36. The number of thioether (sulfide) groups is 1. The fourth-order valence-corrected chi connectivity index (χ4v) is 4.21. The summed E-state index contributed by atoms with van der Waals surface area (Å²) in [6.45, 7) is 5.72. The average Bonchev–Trinajstić information content (AvgIpc) is 2.67. The summed E-state index contributed by atoms with van der Waals surface area (Å²) in [5.41, 5.74) is 1.82. The standard InChI is InChI=1S/C22H25Cl3N2O2S/c1-14(2)26-22(29)15(3)27(11-17-6-9-19(24)10-20(17)25)21(28)13-30-12-16-4-7-18(23)8-5-16/h4-10,14-15H,11-13H2,1-3H3,(H,26,29)/t15-/m0/s1. The molecule has 2 amide bonds. The van der Waals surface area contributed by atoms with Crippen LogP contribution in [0.2, 0.25) is 15.1 Å². The lowest BCUT2D eigenvalue weighted by Crippen LogP contribution is -2.49. The van der Waals surface area contributed by atoms with Gasteiger partial charge in [0.25, 0.3) is 0 Å². The lowest BCUT2D eigenvalue weighted by atomic mass is 10.1. The zero-order valence-electron chi connectivity index (χ0n) is 17.1. The van der Waals surface area contributed by atoms with E-state index in [-0.39, 0.29) is 30.2 Å². The Morgan fingerprint density at radius 3 is 2.23 bits per heavy atom. The summed E-state index contributed by atoms with van der Waals surface area (Å²) in [7, 11) is 0. The van der Waals surface area contributed by atoms with Crippen molar-refractivity contribution in [2.75, 3.05) is 5.75 Å². The molecule has 0 unspecified atom stereocenters. The maximum absolute atomic E-state index is 13.0. The van der Waals surface area contributed by atoms with Gasteiger partial charge in [-0.05, 0) is 56.2 Å². The Kier molecular flexibility index (Phi) is 9.82. The summed E-state index contributed by atoms with van der Waals surface area (Å²) < 4.78 is 0. The van der Waals surface area contributed by atoms with Crippen molar-refractivity contribution in [3.05, 3.63) is 68.7 Å². The van der Waals surface area contributed by atoms with Crippen LogP contribution in [0.5, 0.6) is 0 Å². The van der Waals surface area contributed by atoms with Crippen molar-refractivity contribution in [1.82, 2.24) is 10.2 Å². The van der Waals surface area contributed by atoms with E-state index in [0.717, 1.165) is 11.1 Å². The number of nitrogens with one attached hydrogen (secondary N) is 1. The number of benzene rings is 2. The maximum Gasteiger partial charge on any atom is 0.242 e. The molecule has 0 aliphatic rings. The average molecular weight is 488 g/mol. The van der Waals surface area contributed by atoms with Crippen molar-refractivity contribution in [3.8, 4) is 0 Å². The number of carbonyl (C=O) groups is 2. The molecular formula is C22H25Cl3N2O2S. The van der Waals surface area contributed by atoms with Crippen LogP contribution < -0.4 is 5.32 Å². The Morgan fingerprint density at radius 2 is 1.63 bits per heavy atom. The molecule has 0 saturated carbocycles. The van der Waals surface area contributed by atoms with Crippen LogP contribution in [0.25, 0.3) is 0 Å². The van der Waals surface area contributed by atoms with E-state index >= 15 is 0 Å². The molecule has 162 valence electrons. The van der Waals surface area contributed by atoms with Gasteiger partial charge < -0.3 is 10.2 Å². The Morgan fingerprint density at radius 1 is 1.00 bits per heavy atom. The Labute approximate surface area is 197 Å². The molecule has 0 fully saturated rings. The fourth-order valence-electron chi connectivity index (χ4n) is 2.74. The van der Waals surface area contributed by atoms with Crippen molar-refractivity contribution in [2.45, 2.75) is 45.2 Å². The van der Waals surface area contributed by atoms with Crippen molar-refractivity contribution in [2.24, 2.45) is 0 Å². The molecule has 2 aromatic rings. The monoisotopic (exact) mass is 486 g/mol. The van der Waals surface area contributed by atoms with E-state index in [2.05, 4.69) is 5.32 Å². The van der Waals surface area contributed by atoms with E-state index in [0.29, 0.717) is 20.8 Å². The summed E-state index contributed by atoms with van der Waals surface area (Å²) in [5.74, 6) is 0.579. The molecule has 0 heterocycles. The van der Waals surface area contributed by atoms with Gasteiger partial charge in [0.05, 0.1) is 5.75 Å². The largest absolute Gasteiger partial charge is 0.352 e. The Balaban J connectivity index is 2.11. The third-order valence-corrected chi connectivity index (χ3v) is 6.19. The molecule has 1 atom stereocenters. The lowest BCUT2D eigenvalue weighted by Gasteiger charge is -2.29.